The first-order valence-corrected chi connectivity index (χ1v) is 11.9. The number of fused-ring (bicyclic) bond motifs is 1. The Balaban J connectivity index is 1.38. The molecule has 0 unspecified atom stereocenters. The van der Waals surface area contributed by atoms with E-state index in [9.17, 15) is 13.2 Å². The van der Waals surface area contributed by atoms with Gasteiger partial charge in [0.2, 0.25) is 27.7 Å². The summed E-state index contributed by atoms with van der Waals surface area (Å²) in [5.41, 5.74) is 3.50. The van der Waals surface area contributed by atoms with Crippen molar-refractivity contribution >= 4 is 33.0 Å². The van der Waals surface area contributed by atoms with Crippen LogP contribution in [0.5, 0.6) is 0 Å². The van der Waals surface area contributed by atoms with Crippen LogP contribution in [-0.4, -0.2) is 41.6 Å². The predicted octanol–water partition coefficient (Wildman–Crippen LogP) is 2.69. The van der Waals surface area contributed by atoms with Gasteiger partial charge in [-0.25, -0.2) is 8.42 Å². The zero-order valence-electron chi connectivity index (χ0n) is 15.8. The monoisotopic (exact) mass is 432 g/mol. The van der Waals surface area contributed by atoms with Crippen LogP contribution in [0.3, 0.4) is 0 Å². The van der Waals surface area contributed by atoms with Crippen molar-refractivity contribution in [1.29, 1.82) is 0 Å². The molecule has 152 valence electrons. The first-order valence-electron chi connectivity index (χ1n) is 9.11. The van der Waals surface area contributed by atoms with Crippen molar-refractivity contribution in [1.82, 2.24) is 14.5 Å². The van der Waals surface area contributed by atoms with Gasteiger partial charge in [0.05, 0.1) is 6.26 Å². The first kappa shape index (κ1) is 19.7. The second-order valence-corrected chi connectivity index (χ2v) is 9.61. The Morgan fingerprint density at radius 2 is 2.17 bits per heavy atom. The molecule has 2 aromatic heterocycles. The van der Waals surface area contributed by atoms with Gasteiger partial charge >= 0.3 is 0 Å². The third-order valence-electron chi connectivity index (χ3n) is 4.77. The highest BCUT2D eigenvalue weighted by Gasteiger charge is 2.25. The number of carbonyl (C=O) groups is 1. The van der Waals surface area contributed by atoms with E-state index in [-0.39, 0.29) is 12.3 Å². The number of amides is 1. The van der Waals surface area contributed by atoms with Gasteiger partial charge in [0.1, 0.15) is 0 Å². The van der Waals surface area contributed by atoms with Crippen LogP contribution in [-0.2, 0) is 34.2 Å². The van der Waals surface area contributed by atoms with Crippen LogP contribution in [0.25, 0.3) is 11.5 Å². The number of aryl methyl sites for hydroxylation is 1. The largest absolute Gasteiger partial charge is 0.421 e. The number of sulfonamides is 1. The van der Waals surface area contributed by atoms with E-state index >= 15 is 0 Å². The maximum atomic E-state index is 12.4. The summed E-state index contributed by atoms with van der Waals surface area (Å²) in [6.45, 7) is 0.733. The average Bonchev–Trinajstić information content (AvgIpc) is 3.37. The minimum Gasteiger partial charge on any atom is -0.421 e. The Hall–Kier alpha value is -2.56. The van der Waals surface area contributed by atoms with Crippen molar-refractivity contribution in [3.63, 3.8) is 0 Å². The number of benzene rings is 1. The molecule has 3 aromatic rings. The quantitative estimate of drug-likeness (QED) is 0.642. The fraction of sp³-hybridized carbons (Fsp3) is 0.316. The smallest absolute Gasteiger partial charge is 0.248 e. The van der Waals surface area contributed by atoms with Gasteiger partial charge in [-0.2, -0.15) is 15.6 Å². The van der Waals surface area contributed by atoms with Gasteiger partial charge in [0, 0.05) is 42.6 Å². The molecular formula is C19H20N4O4S2. The zero-order valence-corrected chi connectivity index (χ0v) is 17.4. The van der Waals surface area contributed by atoms with Gasteiger partial charge in [-0.15, -0.1) is 10.2 Å². The highest BCUT2D eigenvalue weighted by Crippen LogP contribution is 2.27. The summed E-state index contributed by atoms with van der Waals surface area (Å²) < 4.78 is 30.6. The number of thiophene rings is 1. The molecule has 8 nitrogen and oxygen atoms in total. The van der Waals surface area contributed by atoms with Crippen LogP contribution < -0.4 is 5.32 Å². The molecule has 0 radical (unpaired) electrons. The van der Waals surface area contributed by atoms with Crippen molar-refractivity contribution in [2.75, 3.05) is 18.1 Å². The minimum absolute atomic E-state index is 0.153. The predicted molar refractivity (Wildman–Crippen MR) is 110 cm³/mol. The normalized spacial score (nSPS) is 14.5. The summed E-state index contributed by atoms with van der Waals surface area (Å²) in [5, 5.41) is 14.8. The number of hydrogen-bond acceptors (Lipinski definition) is 7. The van der Waals surface area contributed by atoms with Crippen LogP contribution in [0, 0.1) is 0 Å². The minimum atomic E-state index is -3.23. The molecule has 1 amide bonds. The van der Waals surface area contributed by atoms with Crippen molar-refractivity contribution in [2.24, 2.45) is 0 Å². The molecular weight excluding hydrogens is 412 g/mol. The summed E-state index contributed by atoms with van der Waals surface area (Å²) in [4.78, 5) is 12.4. The first-order chi connectivity index (χ1) is 13.9. The number of nitrogens with zero attached hydrogens (tertiary/aromatic N) is 3. The highest BCUT2D eigenvalue weighted by atomic mass is 32.2. The molecule has 0 bridgehead atoms. The van der Waals surface area contributed by atoms with Gasteiger partial charge in [-0.3, -0.25) is 4.79 Å². The van der Waals surface area contributed by atoms with Crippen LogP contribution in [0.2, 0.25) is 0 Å². The molecule has 1 aliphatic heterocycles. The molecule has 29 heavy (non-hydrogen) atoms. The molecule has 0 saturated carbocycles. The third-order valence-corrected chi connectivity index (χ3v) is 6.71. The molecule has 4 rings (SSSR count). The molecule has 3 heterocycles. The summed E-state index contributed by atoms with van der Waals surface area (Å²) >= 11 is 1.55. The number of anilines is 1. The topological polar surface area (TPSA) is 105 Å². The molecule has 0 atom stereocenters. The second kappa shape index (κ2) is 8.05. The number of hydrogen-bond donors (Lipinski definition) is 1. The van der Waals surface area contributed by atoms with Crippen molar-refractivity contribution < 1.29 is 17.6 Å². The molecule has 1 aromatic carbocycles. The number of carbonyl (C=O) groups excluding carboxylic acids is 1. The zero-order chi connectivity index (χ0) is 20.4. The van der Waals surface area contributed by atoms with E-state index in [0.717, 1.165) is 22.4 Å². The third kappa shape index (κ3) is 4.55. The Bertz CT molecular complexity index is 1120. The van der Waals surface area contributed by atoms with E-state index in [0.29, 0.717) is 37.7 Å². The number of aromatic nitrogens is 2. The van der Waals surface area contributed by atoms with Crippen LogP contribution in [0.4, 0.5) is 5.69 Å². The molecule has 0 aliphatic carbocycles. The lowest BCUT2D eigenvalue weighted by atomic mass is 9.99. The van der Waals surface area contributed by atoms with Crippen LogP contribution >= 0.6 is 11.3 Å². The van der Waals surface area contributed by atoms with Crippen molar-refractivity contribution in [2.45, 2.75) is 25.8 Å². The molecule has 1 N–H and O–H groups in total. The summed E-state index contributed by atoms with van der Waals surface area (Å²) in [5.74, 6) is 0.716. The lowest BCUT2D eigenvalue weighted by Gasteiger charge is -2.28. The summed E-state index contributed by atoms with van der Waals surface area (Å²) in [6.07, 6.45) is 2.34. The Morgan fingerprint density at radius 3 is 2.93 bits per heavy atom. The van der Waals surface area contributed by atoms with Crippen molar-refractivity contribution in [3.8, 4) is 11.5 Å². The molecule has 10 heteroatoms. The number of rotatable bonds is 6. The fourth-order valence-corrected chi connectivity index (χ4v) is 4.70. The Kier molecular flexibility index (Phi) is 5.48. The summed E-state index contributed by atoms with van der Waals surface area (Å²) in [6, 6.07) is 7.46. The molecule has 1 aliphatic rings. The summed E-state index contributed by atoms with van der Waals surface area (Å²) in [7, 11) is -3.23. The molecule has 0 fully saturated rings. The van der Waals surface area contributed by atoms with Gasteiger partial charge in [0.15, 0.2) is 0 Å². The van der Waals surface area contributed by atoms with E-state index in [1.165, 1.54) is 10.6 Å². The van der Waals surface area contributed by atoms with Crippen LogP contribution in [0.15, 0.2) is 39.4 Å². The Morgan fingerprint density at radius 1 is 1.31 bits per heavy atom. The standard InChI is InChI=1S/C19H20N4O4S2/c1-29(25,26)23-9-7-15-13(11-23)3-2-4-16(15)20-17(24)5-6-18-21-22-19(27-18)14-8-10-28-12-14/h2-4,8,10,12H,5-7,9,11H2,1H3,(H,20,24). The van der Waals surface area contributed by atoms with Gasteiger partial charge in [0.25, 0.3) is 0 Å². The fourth-order valence-electron chi connectivity index (χ4n) is 3.27. The average molecular weight is 433 g/mol. The highest BCUT2D eigenvalue weighted by molar-refractivity contribution is 7.88. The maximum absolute atomic E-state index is 12.4. The number of nitrogens with one attached hydrogen (secondary N) is 1. The second-order valence-electron chi connectivity index (χ2n) is 6.85. The van der Waals surface area contributed by atoms with E-state index in [4.69, 9.17) is 4.42 Å². The lowest BCUT2D eigenvalue weighted by molar-refractivity contribution is -0.116. The van der Waals surface area contributed by atoms with E-state index in [1.807, 2.05) is 35.0 Å². The van der Waals surface area contributed by atoms with E-state index in [2.05, 4.69) is 15.5 Å². The van der Waals surface area contributed by atoms with Gasteiger partial charge in [-0.05, 0) is 35.1 Å². The van der Waals surface area contributed by atoms with E-state index in [1.54, 1.807) is 11.3 Å². The van der Waals surface area contributed by atoms with E-state index < -0.39 is 10.0 Å². The Labute approximate surface area is 172 Å². The lowest BCUT2D eigenvalue weighted by Crippen LogP contribution is -2.35. The van der Waals surface area contributed by atoms with Crippen molar-refractivity contribution in [3.05, 3.63) is 52.0 Å². The van der Waals surface area contributed by atoms with Crippen LogP contribution in [0.1, 0.15) is 23.4 Å². The van der Waals surface area contributed by atoms with Gasteiger partial charge in [-0.1, -0.05) is 12.1 Å². The molecule has 0 spiro atoms. The molecule has 0 saturated heterocycles. The maximum Gasteiger partial charge on any atom is 0.248 e. The van der Waals surface area contributed by atoms with Gasteiger partial charge < -0.3 is 9.73 Å². The SMILES string of the molecule is CS(=O)(=O)N1CCc2c(cccc2NC(=O)CCc2nnc(-c3ccsc3)o2)C1.